The van der Waals surface area contributed by atoms with Crippen LogP contribution in [0.1, 0.15) is 30.9 Å². The molecule has 1 saturated heterocycles. The molecule has 0 aliphatic carbocycles. The highest BCUT2D eigenvalue weighted by atomic mass is 16.5. The number of rotatable bonds is 2. The number of carbonyl (C=O) groups excluding carboxylic acids is 1. The van der Waals surface area contributed by atoms with Crippen molar-refractivity contribution in [3.8, 4) is 0 Å². The third-order valence-electron chi connectivity index (χ3n) is 4.87. The second kappa shape index (κ2) is 5.49. The molecule has 0 amide bonds. The fourth-order valence-corrected chi connectivity index (χ4v) is 3.84. The maximum Gasteiger partial charge on any atom is 0.162 e. The summed E-state index contributed by atoms with van der Waals surface area (Å²) in [5, 5.41) is 0. The third kappa shape index (κ3) is 2.30. The van der Waals surface area contributed by atoms with Gasteiger partial charge in [0.15, 0.2) is 13.1 Å². The van der Waals surface area contributed by atoms with Crippen LogP contribution in [0.4, 0.5) is 5.69 Å². The maximum absolute atomic E-state index is 12.8. The van der Waals surface area contributed by atoms with E-state index in [1.165, 1.54) is 22.3 Å². The number of likely N-dealkylation sites (N-methyl/N-ethyl adjacent to an activating group) is 1. The molecule has 2 aliphatic heterocycles. The maximum atomic E-state index is 12.8. The predicted octanol–water partition coefficient (Wildman–Crippen LogP) is 1.83. The van der Waals surface area contributed by atoms with Crippen molar-refractivity contribution in [3.05, 3.63) is 23.3 Å². The lowest BCUT2D eigenvalue weighted by Crippen LogP contribution is -2.52. The van der Waals surface area contributed by atoms with E-state index >= 15 is 0 Å². The molecule has 3 nitrogen and oxygen atoms in total. The summed E-state index contributed by atoms with van der Waals surface area (Å²) >= 11 is 0. The molecule has 111 valence electrons. The lowest BCUT2D eigenvalue weighted by molar-refractivity contribution is -0.127. The first-order valence-electron chi connectivity index (χ1n) is 7.89. The number of aryl methyl sites for hydroxylation is 1. The average molecular weight is 284 g/mol. The monoisotopic (exact) mass is 284 g/mol. The first-order chi connectivity index (χ1) is 10.1. The number of ether oxygens (including phenoxy) is 1. The van der Waals surface area contributed by atoms with E-state index < -0.39 is 0 Å². The molecule has 0 atom stereocenters. The minimum atomic E-state index is -0.317. The van der Waals surface area contributed by atoms with E-state index in [1.807, 2.05) is 7.05 Å². The SMILES string of the molecule is CC[B]c1cc(C)cc2c1N(C)CC(=O)C21CCOCC1. The number of benzene rings is 1. The van der Waals surface area contributed by atoms with Crippen molar-refractivity contribution in [2.45, 2.75) is 38.4 Å². The number of fused-ring (bicyclic) bond motifs is 2. The highest BCUT2D eigenvalue weighted by Gasteiger charge is 2.46. The lowest BCUT2D eigenvalue weighted by Gasteiger charge is -2.44. The number of nitrogens with zero attached hydrogens (tertiary/aromatic N) is 1. The Morgan fingerprint density at radius 1 is 1.33 bits per heavy atom. The van der Waals surface area contributed by atoms with Crippen LogP contribution in [0.5, 0.6) is 0 Å². The van der Waals surface area contributed by atoms with Crippen molar-refractivity contribution < 1.29 is 9.53 Å². The van der Waals surface area contributed by atoms with Crippen molar-refractivity contribution in [2.75, 3.05) is 31.7 Å². The Hall–Kier alpha value is -1.29. The summed E-state index contributed by atoms with van der Waals surface area (Å²) in [4.78, 5) is 14.9. The van der Waals surface area contributed by atoms with E-state index in [1.54, 1.807) is 0 Å². The Morgan fingerprint density at radius 3 is 2.71 bits per heavy atom. The largest absolute Gasteiger partial charge is 0.381 e. The molecule has 4 heteroatoms. The molecule has 0 bridgehead atoms. The van der Waals surface area contributed by atoms with E-state index in [9.17, 15) is 4.79 Å². The molecule has 0 N–H and O–H groups in total. The van der Waals surface area contributed by atoms with Crippen LogP contribution in [-0.4, -0.2) is 39.9 Å². The van der Waals surface area contributed by atoms with Crippen molar-refractivity contribution in [1.82, 2.24) is 0 Å². The van der Waals surface area contributed by atoms with Crippen LogP contribution < -0.4 is 10.4 Å². The smallest absolute Gasteiger partial charge is 0.162 e. The van der Waals surface area contributed by atoms with Gasteiger partial charge in [0, 0.05) is 25.9 Å². The Balaban J connectivity index is 2.20. The molecule has 0 unspecified atom stereocenters. The number of ketones is 1. The van der Waals surface area contributed by atoms with Gasteiger partial charge in [0.25, 0.3) is 0 Å². The molecule has 3 rings (SSSR count). The van der Waals surface area contributed by atoms with Gasteiger partial charge in [0.1, 0.15) is 0 Å². The fraction of sp³-hybridized carbons (Fsp3) is 0.588. The van der Waals surface area contributed by atoms with Gasteiger partial charge in [0.05, 0.1) is 12.0 Å². The summed E-state index contributed by atoms with van der Waals surface area (Å²) in [6.07, 6.45) is 2.65. The molecule has 1 radical (unpaired) electrons. The number of hydrogen-bond acceptors (Lipinski definition) is 3. The summed E-state index contributed by atoms with van der Waals surface area (Å²) in [6.45, 7) is 6.18. The topological polar surface area (TPSA) is 29.5 Å². The summed E-state index contributed by atoms with van der Waals surface area (Å²) in [5.41, 5.74) is 4.67. The second-order valence-electron chi connectivity index (χ2n) is 6.34. The molecule has 1 aromatic carbocycles. The molecule has 2 heterocycles. The van der Waals surface area contributed by atoms with E-state index in [-0.39, 0.29) is 5.41 Å². The van der Waals surface area contributed by atoms with Crippen LogP contribution in [0.25, 0.3) is 0 Å². The van der Waals surface area contributed by atoms with Crippen LogP contribution in [0.2, 0.25) is 6.32 Å². The van der Waals surface area contributed by atoms with Crippen molar-refractivity contribution in [3.63, 3.8) is 0 Å². The predicted molar refractivity (Wildman–Crippen MR) is 87.1 cm³/mol. The molecule has 0 aromatic heterocycles. The van der Waals surface area contributed by atoms with E-state index in [0.717, 1.165) is 19.2 Å². The van der Waals surface area contributed by atoms with Gasteiger partial charge in [0.2, 0.25) is 0 Å². The Labute approximate surface area is 127 Å². The van der Waals surface area contributed by atoms with Crippen LogP contribution >= 0.6 is 0 Å². The third-order valence-corrected chi connectivity index (χ3v) is 4.87. The molecule has 1 fully saturated rings. The van der Waals surface area contributed by atoms with Gasteiger partial charge in [-0.1, -0.05) is 36.4 Å². The zero-order valence-corrected chi connectivity index (χ0v) is 13.2. The van der Waals surface area contributed by atoms with Crippen LogP contribution in [-0.2, 0) is 14.9 Å². The minimum absolute atomic E-state index is 0.317. The van der Waals surface area contributed by atoms with Gasteiger partial charge in [-0.3, -0.25) is 4.79 Å². The summed E-state index contributed by atoms with van der Waals surface area (Å²) in [6, 6.07) is 4.46. The van der Waals surface area contributed by atoms with Gasteiger partial charge in [-0.15, -0.1) is 0 Å². The number of anilines is 1. The van der Waals surface area contributed by atoms with Crippen LogP contribution in [0, 0.1) is 6.92 Å². The molecular weight excluding hydrogens is 261 g/mol. The summed E-state index contributed by atoms with van der Waals surface area (Å²) < 4.78 is 5.52. The first kappa shape index (κ1) is 14.6. The van der Waals surface area contributed by atoms with Gasteiger partial charge < -0.3 is 9.64 Å². The van der Waals surface area contributed by atoms with Gasteiger partial charge in [-0.25, -0.2) is 0 Å². The Kier molecular flexibility index (Phi) is 3.83. The molecule has 1 spiro atoms. The van der Waals surface area contributed by atoms with Crippen molar-refractivity contribution in [2.24, 2.45) is 0 Å². The quantitative estimate of drug-likeness (QED) is 0.776. The Bertz CT molecular complexity index is 564. The Morgan fingerprint density at radius 2 is 2.05 bits per heavy atom. The molecule has 0 saturated carbocycles. The van der Waals surface area contributed by atoms with Gasteiger partial charge in [-0.05, 0) is 25.3 Å². The van der Waals surface area contributed by atoms with Crippen LogP contribution in [0.15, 0.2) is 12.1 Å². The molecule has 1 aromatic rings. The highest BCUT2D eigenvalue weighted by molar-refractivity contribution is 6.55. The standard InChI is InChI=1S/C17H23BNO2/c1-4-18-14-10-12(2)9-13-16(14)19(3)11-15(20)17(13)5-7-21-8-6-17/h9-10H,4-8,11H2,1-3H3. The molecule has 2 aliphatic rings. The summed E-state index contributed by atoms with van der Waals surface area (Å²) in [5.74, 6) is 0.355. The first-order valence-corrected chi connectivity index (χ1v) is 7.89. The zero-order valence-electron chi connectivity index (χ0n) is 13.2. The van der Waals surface area contributed by atoms with Gasteiger partial charge in [-0.2, -0.15) is 0 Å². The van der Waals surface area contributed by atoms with Gasteiger partial charge >= 0.3 is 0 Å². The minimum Gasteiger partial charge on any atom is -0.381 e. The summed E-state index contributed by atoms with van der Waals surface area (Å²) in [7, 11) is 4.30. The van der Waals surface area contributed by atoms with E-state index in [4.69, 9.17) is 4.74 Å². The van der Waals surface area contributed by atoms with E-state index in [0.29, 0.717) is 25.5 Å². The van der Waals surface area contributed by atoms with Crippen LogP contribution in [0.3, 0.4) is 0 Å². The number of carbonyl (C=O) groups is 1. The zero-order chi connectivity index (χ0) is 15.0. The fourth-order valence-electron chi connectivity index (χ4n) is 3.84. The normalized spacial score (nSPS) is 20.5. The number of Topliss-reactive ketones (excluding diaryl/α,β-unsaturated/α-hetero) is 1. The molecular formula is C17H23BNO2. The lowest BCUT2D eigenvalue weighted by atomic mass is 9.61. The second-order valence-corrected chi connectivity index (χ2v) is 6.34. The van der Waals surface area contributed by atoms with E-state index in [2.05, 4.69) is 38.2 Å². The average Bonchev–Trinajstić information content (AvgIpc) is 2.46. The molecule has 21 heavy (non-hydrogen) atoms. The number of hydrogen-bond donors (Lipinski definition) is 0. The van der Waals surface area contributed by atoms with Crippen molar-refractivity contribution in [1.29, 1.82) is 0 Å². The highest BCUT2D eigenvalue weighted by Crippen LogP contribution is 2.43. The van der Waals surface area contributed by atoms with Crippen molar-refractivity contribution >= 4 is 24.2 Å².